The fraction of sp³-hybridized carbons (Fsp3) is 0.571. The number of aliphatic hydroxyl groups is 2. The summed E-state index contributed by atoms with van der Waals surface area (Å²) in [7, 11) is 0. The predicted molar refractivity (Wildman–Crippen MR) is 208 cm³/mol. The Morgan fingerprint density at radius 3 is 1.87 bits per heavy atom. The van der Waals surface area contributed by atoms with E-state index in [1.807, 2.05) is 38.1 Å². The monoisotopic (exact) mass is 665 g/mol. The van der Waals surface area contributed by atoms with Crippen molar-refractivity contribution >= 4 is 11.3 Å². The van der Waals surface area contributed by atoms with Crippen molar-refractivity contribution in [3.8, 4) is 11.4 Å². The Morgan fingerprint density at radius 1 is 0.787 bits per heavy atom. The maximum atomic E-state index is 10.7. The predicted octanol–water partition coefficient (Wildman–Crippen LogP) is 12.4. The van der Waals surface area contributed by atoms with Crippen LogP contribution in [0.1, 0.15) is 154 Å². The smallest absolute Gasteiger partial charge is 0.0922 e. The molecule has 0 radical (unpaired) electrons. The topological polar surface area (TPSA) is 66.2 Å². The van der Waals surface area contributed by atoms with Gasteiger partial charge in [0.25, 0.3) is 0 Å². The number of aryl methyl sites for hydroxylation is 1. The molecule has 0 saturated carbocycles. The van der Waals surface area contributed by atoms with Crippen LogP contribution in [0.5, 0.6) is 0 Å². The lowest BCUT2D eigenvalue weighted by atomic mass is 10.0. The van der Waals surface area contributed by atoms with Crippen LogP contribution in [-0.4, -0.2) is 26.3 Å². The van der Waals surface area contributed by atoms with E-state index in [9.17, 15) is 10.2 Å². The van der Waals surface area contributed by atoms with Crippen LogP contribution in [0, 0.1) is 0 Å². The average Bonchev–Trinajstić information content (AvgIpc) is 3.55. The van der Waals surface area contributed by atoms with Crippen molar-refractivity contribution in [2.45, 2.75) is 158 Å². The van der Waals surface area contributed by atoms with Gasteiger partial charge in [0.1, 0.15) is 0 Å². The summed E-state index contributed by atoms with van der Waals surface area (Å²) in [6.45, 7) is 18.8. The number of hydrogen-bond donors (Lipinski definition) is 2. The van der Waals surface area contributed by atoms with Crippen LogP contribution in [0.2, 0.25) is 0 Å². The average molecular weight is 665 g/mol. The van der Waals surface area contributed by atoms with Crippen molar-refractivity contribution in [3.63, 3.8) is 0 Å². The fourth-order valence-corrected chi connectivity index (χ4v) is 5.80. The summed E-state index contributed by atoms with van der Waals surface area (Å²) in [5.74, 6) is 0. The number of aliphatic hydroxyl groups excluding tert-OH is 2. The highest BCUT2D eigenvalue weighted by atomic mass is 32.1. The Morgan fingerprint density at radius 2 is 1.34 bits per heavy atom. The lowest BCUT2D eigenvalue weighted by Gasteiger charge is -2.10. The van der Waals surface area contributed by atoms with Gasteiger partial charge in [-0.3, -0.25) is 9.97 Å². The van der Waals surface area contributed by atoms with Crippen LogP contribution in [-0.2, 0) is 19.3 Å². The van der Waals surface area contributed by atoms with Crippen molar-refractivity contribution < 1.29 is 10.2 Å². The zero-order valence-electron chi connectivity index (χ0n) is 31.4. The summed E-state index contributed by atoms with van der Waals surface area (Å²) in [4.78, 5) is 11.3. The molecule has 0 saturated heterocycles. The van der Waals surface area contributed by atoms with Gasteiger partial charge in [0, 0.05) is 28.6 Å². The summed E-state index contributed by atoms with van der Waals surface area (Å²) in [6.07, 6.45) is 24.3. The molecule has 0 amide bonds. The van der Waals surface area contributed by atoms with E-state index in [4.69, 9.17) is 0 Å². The van der Waals surface area contributed by atoms with Gasteiger partial charge in [0.15, 0.2) is 0 Å². The van der Waals surface area contributed by atoms with E-state index in [2.05, 4.69) is 81.9 Å². The first-order valence-electron chi connectivity index (χ1n) is 18.4. The van der Waals surface area contributed by atoms with Crippen LogP contribution in [0.3, 0.4) is 0 Å². The van der Waals surface area contributed by atoms with Crippen LogP contribution in [0.15, 0.2) is 72.6 Å². The van der Waals surface area contributed by atoms with E-state index < -0.39 is 12.2 Å². The fourth-order valence-electron chi connectivity index (χ4n) is 4.76. The summed E-state index contributed by atoms with van der Waals surface area (Å²) < 4.78 is 0. The number of thiophene rings is 1. The second-order valence-electron chi connectivity index (χ2n) is 12.0. The van der Waals surface area contributed by atoms with Gasteiger partial charge in [-0.1, -0.05) is 110 Å². The number of nitrogens with zero attached hydrogens (tertiary/aromatic N) is 2. The first-order chi connectivity index (χ1) is 22.8. The second-order valence-corrected chi connectivity index (χ2v) is 13.2. The Kier molecular flexibility index (Phi) is 27.9. The van der Waals surface area contributed by atoms with Crippen molar-refractivity contribution in [2.24, 2.45) is 0 Å². The Bertz CT molecular complexity index is 1210. The van der Waals surface area contributed by atoms with E-state index in [0.717, 1.165) is 33.8 Å². The molecule has 0 spiro atoms. The molecule has 0 aliphatic heterocycles. The molecule has 3 heterocycles. The Labute approximate surface area is 293 Å². The molecule has 2 atom stereocenters. The molecule has 0 bridgehead atoms. The van der Waals surface area contributed by atoms with Gasteiger partial charge in [-0.25, -0.2) is 0 Å². The van der Waals surface area contributed by atoms with Crippen molar-refractivity contribution in [1.29, 1.82) is 0 Å². The molecule has 264 valence electrons. The molecule has 2 N–H and O–H groups in total. The minimum Gasteiger partial charge on any atom is -0.393 e. The first kappa shape index (κ1) is 44.4. The van der Waals surface area contributed by atoms with Gasteiger partial charge in [-0.15, -0.1) is 11.3 Å². The molecular weight excluding hydrogens is 597 g/mol. The minimum absolute atomic E-state index is 0.392. The molecule has 0 aliphatic carbocycles. The Hall–Kier alpha value is -2.60. The largest absolute Gasteiger partial charge is 0.393 e. The number of aromatic nitrogens is 2. The molecular formula is C42H68N2O2S. The summed E-state index contributed by atoms with van der Waals surface area (Å²) >= 11 is 1.72. The minimum atomic E-state index is -0.510. The lowest BCUT2D eigenvalue weighted by molar-refractivity contribution is 0.182. The van der Waals surface area contributed by atoms with E-state index in [1.54, 1.807) is 30.7 Å². The van der Waals surface area contributed by atoms with Crippen molar-refractivity contribution in [3.05, 3.63) is 93.5 Å². The normalized spacial score (nSPS) is 12.3. The Balaban J connectivity index is 0.00000104. The van der Waals surface area contributed by atoms with E-state index >= 15 is 0 Å². The van der Waals surface area contributed by atoms with Crippen LogP contribution in [0.25, 0.3) is 11.4 Å². The van der Waals surface area contributed by atoms with Crippen LogP contribution < -0.4 is 0 Å². The lowest BCUT2D eigenvalue weighted by Crippen LogP contribution is -2.04. The number of pyridine rings is 2. The van der Waals surface area contributed by atoms with Gasteiger partial charge < -0.3 is 10.2 Å². The number of hydrogen-bond acceptors (Lipinski definition) is 5. The zero-order chi connectivity index (χ0) is 35.3. The molecule has 2 unspecified atom stereocenters. The highest BCUT2D eigenvalue weighted by Crippen LogP contribution is 2.28. The van der Waals surface area contributed by atoms with Gasteiger partial charge in [-0.2, -0.15) is 0 Å². The SMILES string of the molecule is C/C=C\C=C(/C)CCCCCC.CC.CCC.CCCCCCc1ccc(C(O)Cc2ccnc(-c3cc(CC(C)O)ccn3)c2)s1. The van der Waals surface area contributed by atoms with E-state index in [1.165, 1.54) is 74.7 Å². The summed E-state index contributed by atoms with van der Waals surface area (Å²) in [6, 6.07) is 12.1. The molecule has 3 rings (SSSR count). The van der Waals surface area contributed by atoms with Crippen molar-refractivity contribution in [2.75, 3.05) is 0 Å². The molecule has 4 nitrogen and oxygen atoms in total. The second kappa shape index (κ2) is 29.5. The van der Waals surface area contributed by atoms with Crippen molar-refractivity contribution in [1.82, 2.24) is 9.97 Å². The molecule has 3 aromatic heterocycles. The zero-order valence-corrected chi connectivity index (χ0v) is 32.2. The maximum Gasteiger partial charge on any atom is 0.0922 e. The third-order valence-electron chi connectivity index (χ3n) is 7.16. The van der Waals surface area contributed by atoms with Crippen LogP contribution in [0.4, 0.5) is 0 Å². The van der Waals surface area contributed by atoms with Crippen LogP contribution >= 0.6 is 11.3 Å². The van der Waals surface area contributed by atoms with E-state index in [-0.39, 0.29) is 0 Å². The third kappa shape index (κ3) is 21.8. The summed E-state index contributed by atoms with van der Waals surface area (Å²) in [5.41, 5.74) is 5.15. The maximum absolute atomic E-state index is 10.7. The number of allylic oxidation sites excluding steroid dienone is 4. The number of unbranched alkanes of at least 4 members (excludes halogenated alkanes) is 6. The van der Waals surface area contributed by atoms with Gasteiger partial charge >= 0.3 is 0 Å². The number of rotatable bonds is 17. The van der Waals surface area contributed by atoms with Gasteiger partial charge in [0.2, 0.25) is 0 Å². The molecule has 0 aliphatic rings. The quantitative estimate of drug-likeness (QED) is 0.111. The van der Waals surface area contributed by atoms with E-state index in [0.29, 0.717) is 12.8 Å². The standard InChI is InChI=1S/C25H32N2O2S.C12H22.C3H8.C2H6/c1-3-4-5-6-7-21-8-9-25(30-21)24(29)17-20-11-13-27-23(16-20)22-15-19(10-12-26-22)14-18(2)28;1-4-6-8-9-11-12(3)10-7-5-2;1-3-2;1-2/h8-13,15-16,18,24,28-29H,3-7,14,17H2,1-2H3;5,7,10H,4,6,8-9,11H2,1-3H3;3H2,1-2H3;1-2H3/b;7-5-,12-10+;;. The molecule has 47 heavy (non-hydrogen) atoms. The molecule has 0 aromatic carbocycles. The van der Waals surface area contributed by atoms with Gasteiger partial charge in [0.05, 0.1) is 23.6 Å². The highest BCUT2D eigenvalue weighted by Gasteiger charge is 2.13. The molecule has 0 fully saturated rings. The third-order valence-corrected chi connectivity index (χ3v) is 8.40. The summed E-state index contributed by atoms with van der Waals surface area (Å²) in [5, 5.41) is 20.4. The molecule has 5 heteroatoms. The first-order valence-corrected chi connectivity index (χ1v) is 19.2. The van der Waals surface area contributed by atoms with Gasteiger partial charge in [-0.05, 0) is 100 Å². The highest BCUT2D eigenvalue weighted by molar-refractivity contribution is 7.12. The molecule has 3 aromatic rings.